The van der Waals surface area contributed by atoms with Gasteiger partial charge < -0.3 is 20.1 Å². The first-order chi connectivity index (χ1) is 15.3. The monoisotopic (exact) mass is 438 g/mol. The maximum atomic E-state index is 12.4. The van der Waals surface area contributed by atoms with Gasteiger partial charge in [-0.05, 0) is 19.0 Å². The Hall–Kier alpha value is -3.35. The Morgan fingerprint density at radius 3 is 2.56 bits per heavy atom. The fourth-order valence-corrected chi connectivity index (χ4v) is 3.41. The largest absolute Gasteiger partial charge is 0.495 e. The first-order valence-electron chi connectivity index (χ1n) is 10.5. The zero-order chi connectivity index (χ0) is 23.3. The van der Waals surface area contributed by atoms with Gasteiger partial charge in [-0.25, -0.2) is 4.98 Å². The highest BCUT2D eigenvalue weighted by Gasteiger charge is 2.19. The number of carbonyl (C=O) groups is 1. The lowest BCUT2D eigenvalue weighted by Gasteiger charge is -2.31. The number of benzene rings is 1. The van der Waals surface area contributed by atoms with Crippen molar-refractivity contribution in [3.63, 3.8) is 0 Å². The number of methoxy groups -OCH3 is 1. The van der Waals surface area contributed by atoms with Crippen LogP contribution < -0.4 is 20.5 Å². The fourth-order valence-electron chi connectivity index (χ4n) is 3.41. The Kier molecular flexibility index (Phi) is 7.51. The standard InChI is InChI=1S/C23H30N6O3/c1-6-16-11-19(17(15(2)3)12-18(16)31-5)32-20-13-25-23(27-22(20)24)26-21(30)14-29-9-7-28(4)8-10-29/h1,11-13,15H,7-10,14H2,2-5H3,(H3,24,25,26,27,30). The molecule has 0 saturated carbocycles. The number of nitrogens with zero attached hydrogens (tertiary/aromatic N) is 4. The van der Waals surface area contributed by atoms with E-state index in [1.807, 2.05) is 19.9 Å². The smallest absolute Gasteiger partial charge is 0.240 e. The SMILES string of the molecule is C#Cc1cc(Oc2cnc(NC(=O)CN3CCN(C)CC3)nc2N)c(C(C)C)cc1OC. The summed E-state index contributed by atoms with van der Waals surface area (Å²) >= 11 is 0. The molecule has 0 radical (unpaired) electrons. The lowest BCUT2D eigenvalue weighted by atomic mass is 9.99. The molecule has 1 aliphatic heterocycles. The quantitative estimate of drug-likeness (QED) is 0.634. The molecule has 1 amide bonds. The minimum atomic E-state index is -0.182. The summed E-state index contributed by atoms with van der Waals surface area (Å²) in [4.78, 5) is 25.1. The highest BCUT2D eigenvalue weighted by Crippen LogP contribution is 2.37. The Morgan fingerprint density at radius 1 is 1.25 bits per heavy atom. The molecule has 2 aromatic rings. The summed E-state index contributed by atoms with van der Waals surface area (Å²) in [6, 6.07) is 3.60. The van der Waals surface area contributed by atoms with Crippen molar-refractivity contribution in [2.24, 2.45) is 0 Å². The summed E-state index contributed by atoms with van der Waals surface area (Å²) < 4.78 is 11.4. The molecule has 9 heteroatoms. The van der Waals surface area contributed by atoms with E-state index in [4.69, 9.17) is 21.6 Å². The molecule has 1 aliphatic rings. The number of nitrogens with one attached hydrogen (secondary N) is 1. The molecule has 0 aliphatic carbocycles. The first-order valence-corrected chi connectivity index (χ1v) is 10.5. The van der Waals surface area contributed by atoms with Crippen LogP contribution in [0.25, 0.3) is 0 Å². The van der Waals surface area contributed by atoms with Crippen molar-refractivity contribution < 1.29 is 14.3 Å². The molecule has 0 atom stereocenters. The van der Waals surface area contributed by atoms with Crippen LogP contribution in [0.2, 0.25) is 0 Å². The Balaban J connectivity index is 1.72. The van der Waals surface area contributed by atoms with E-state index in [0.29, 0.717) is 17.1 Å². The first kappa shape index (κ1) is 23.3. The lowest BCUT2D eigenvalue weighted by Crippen LogP contribution is -2.47. The molecule has 170 valence electrons. The van der Waals surface area contributed by atoms with Crippen LogP contribution >= 0.6 is 0 Å². The van der Waals surface area contributed by atoms with E-state index in [0.717, 1.165) is 31.7 Å². The number of hydrogen-bond acceptors (Lipinski definition) is 8. The number of rotatable bonds is 7. The van der Waals surface area contributed by atoms with E-state index < -0.39 is 0 Å². The van der Waals surface area contributed by atoms with E-state index in [-0.39, 0.29) is 35.9 Å². The van der Waals surface area contributed by atoms with Gasteiger partial charge >= 0.3 is 0 Å². The maximum absolute atomic E-state index is 12.4. The van der Waals surface area contributed by atoms with Gasteiger partial charge in [0.15, 0.2) is 11.6 Å². The molecule has 1 saturated heterocycles. The highest BCUT2D eigenvalue weighted by molar-refractivity contribution is 5.90. The third-order valence-corrected chi connectivity index (χ3v) is 5.33. The number of nitrogen functional groups attached to an aromatic ring is 1. The van der Waals surface area contributed by atoms with Crippen LogP contribution in [0, 0.1) is 12.3 Å². The van der Waals surface area contributed by atoms with Crippen LogP contribution in [0.3, 0.4) is 0 Å². The highest BCUT2D eigenvalue weighted by atomic mass is 16.5. The summed E-state index contributed by atoms with van der Waals surface area (Å²) in [5, 5.41) is 2.70. The van der Waals surface area contributed by atoms with Crippen LogP contribution in [-0.2, 0) is 4.79 Å². The molecule has 3 rings (SSSR count). The van der Waals surface area contributed by atoms with Gasteiger partial charge in [-0.15, -0.1) is 6.42 Å². The number of aromatic nitrogens is 2. The molecular formula is C23H30N6O3. The minimum Gasteiger partial charge on any atom is -0.495 e. The van der Waals surface area contributed by atoms with Gasteiger partial charge in [-0.2, -0.15) is 4.98 Å². The fraction of sp³-hybridized carbons (Fsp3) is 0.435. The van der Waals surface area contributed by atoms with Gasteiger partial charge in [0.2, 0.25) is 11.9 Å². The summed E-state index contributed by atoms with van der Waals surface area (Å²) in [7, 11) is 3.64. The average molecular weight is 439 g/mol. The lowest BCUT2D eigenvalue weighted by molar-refractivity contribution is -0.117. The van der Waals surface area contributed by atoms with Gasteiger partial charge in [0.25, 0.3) is 0 Å². The number of likely N-dealkylation sites (N-methyl/N-ethyl adjacent to an activating group) is 1. The second kappa shape index (κ2) is 10.3. The van der Waals surface area contributed by atoms with Crippen LogP contribution in [0.5, 0.6) is 17.2 Å². The molecule has 9 nitrogen and oxygen atoms in total. The molecule has 2 heterocycles. The number of hydrogen-bond donors (Lipinski definition) is 2. The number of piperazine rings is 1. The van der Waals surface area contributed by atoms with Crippen molar-refractivity contribution in [2.75, 3.05) is 57.9 Å². The zero-order valence-electron chi connectivity index (χ0n) is 19.0. The molecule has 1 aromatic heterocycles. The second-order valence-corrected chi connectivity index (χ2v) is 8.06. The number of amides is 1. The summed E-state index contributed by atoms with van der Waals surface area (Å²) in [6.07, 6.45) is 7.05. The summed E-state index contributed by atoms with van der Waals surface area (Å²) in [6.45, 7) is 7.93. The van der Waals surface area contributed by atoms with Crippen molar-refractivity contribution in [1.29, 1.82) is 0 Å². The van der Waals surface area contributed by atoms with Crippen LogP contribution in [0.15, 0.2) is 18.3 Å². The summed E-state index contributed by atoms with van der Waals surface area (Å²) in [5.74, 6) is 4.25. The van der Waals surface area contributed by atoms with E-state index in [2.05, 4.69) is 38.1 Å². The van der Waals surface area contributed by atoms with E-state index in [1.54, 1.807) is 13.2 Å². The normalized spacial score (nSPS) is 14.8. The van der Waals surface area contributed by atoms with E-state index >= 15 is 0 Å². The number of ether oxygens (including phenoxy) is 2. The molecular weight excluding hydrogens is 408 g/mol. The average Bonchev–Trinajstić information content (AvgIpc) is 2.76. The van der Waals surface area contributed by atoms with Gasteiger partial charge in [0.05, 0.1) is 25.4 Å². The zero-order valence-corrected chi connectivity index (χ0v) is 19.0. The van der Waals surface area contributed by atoms with Crippen molar-refractivity contribution in [1.82, 2.24) is 19.8 Å². The predicted octanol–water partition coefficient (Wildman–Crippen LogP) is 2.15. The molecule has 1 aromatic carbocycles. The van der Waals surface area contributed by atoms with Gasteiger partial charge in [0.1, 0.15) is 11.5 Å². The number of anilines is 2. The molecule has 0 spiro atoms. The molecule has 1 fully saturated rings. The molecule has 0 unspecified atom stereocenters. The summed E-state index contributed by atoms with van der Waals surface area (Å²) in [5.41, 5.74) is 7.56. The van der Waals surface area contributed by atoms with Crippen molar-refractivity contribution in [2.45, 2.75) is 19.8 Å². The molecule has 3 N–H and O–H groups in total. The second-order valence-electron chi connectivity index (χ2n) is 8.06. The Labute approximate surface area is 188 Å². The van der Waals surface area contributed by atoms with Crippen molar-refractivity contribution in [3.8, 4) is 29.6 Å². The van der Waals surface area contributed by atoms with Gasteiger partial charge in [-0.3, -0.25) is 15.0 Å². The van der Waals surface area contributed by atoms with Crippen LogP contribution in [0.1, 0.15) is 30.9 Å². The van der Waals surface area contributed by atoms with Gasteiger partial charge in [0, 0.05) is 37.8 Å². The number of nitrogens with two attached hydrogens (primary N) is 1. The van der Waals surface area contributed by atoms with Gasteiger partial charge in [-0.1, -0.05) is 19.8 Å². The number of terminal acetylenes is 1. The van der Waals surface area contributed by atoms with Crippen molar-refractivity contribution >= 4 is 17.7 Å². The maximum Gasteiger partial charge on any atom is 0.240 e. The van der Waals surface area contributed by atoms with E-state index in [9.17, 15) is 4.79 Å². The van der Waals surface area contributed by atoms with Crippen LogP contribution in [0.4, 0.5) is 11.8 Å². The molecule has 32 heavy (non-hydrogen) atoms. The number of carbonyl (C=O) groups excluding carboxylic acids is 1. The van der Waals surface area contributed by atoms with Crippen LogP contribution in [-0.4, -0.2) is 72.6 Å². The Bertz CT molecular complexity index is 1010. The molecule has 0 bridgehead atoms. The minimum absolute atomic E-state index is 0.114. The Morgan fingerprint density at radius 2 is 1.97 bits per heavy atom. The van der Waals surface area contributed by atoms with Crippen molar-refractivity contribution in [3.05, 3.63) is 29.5 Å². The third-order valence-electron chi connectivity index (χ3n) is 5.33. The topological polar surface area (TPSA) is 106 Å². The third kappa shape index (κ3) is 5.66. The predicted molar refractivity (Wildman–Crippen MR) is 124 cm³/mol. The van der Waals surface area contributed by atoms with E-state index in [1.165, 1.54) is 6.20 Å².